The number of amides is 2. The van der Waals surface area contributed by atoms with E-state index < -0.39 is 0 Å². The van der Waals surface area contributed by atoms with Gasteiger partial charge in [-0.2, -0.15) is 0 Å². The zero-order chi connectivity index (χ0) is 16.4. The topological polar surface area (TPSA) is 52.7 Å². The zero-order valence-corrected chi connectivity index (χ0v) is 14.2. The normalized spacial score (nSPS) is 18.8. The second-order valence-electron chi connectivity index (χ2n) is 6.05. The Morgan fingerprint density at radius 1 is 1.13 bits per heavy atom. The fourth-order valence-electron chi connectivity index (χ4n) is 2.70. The third kappa shape index (κ3) is 4.37. The summed E-state index contributed by atoms with van der Waals surface area (Å²) < 4.78 is 0. The van der Waals surface area contributed by atoms with Gasteiger partial charge < -0.3 is 10.2 Å². The molecule has 1 aromatic carbocycles. The van der Waals surface area contributed by atoms with E-state index in [0.717, 1.165) is 25.9 Å². The summed E-state index contributed by atoms with van der Waals surface area (Å²) in [5.74, 6) is 0.408. The highest BCUT2D eigenvalue weighted by molar-refractivity contribution is 6.35. The van der Waals surface area contributed by atoms with Crippen LogP contribution in [0.1, 0.15) is 12.8 Å². The van der Waals surface area contributed by atoms with Crippen molar-refractivity contribution in [3.8, 4) is 0 Å². The molecule has 2 amide bonds. The molecule has 1 N–H and O–H groups in total. The number of hydrogen-bond acceptors (Lipinski definition) is 3. The van der Waals surface area contributed by atoms with E-state index in [2.05, 4.69) is 5.32 Å². The second kappa shape index (κ2) is 7.07. The Bertz CT molecular complexity index is 611. The van der Waals surface area contributed by atoms with E-state index in [9.17, 15) is 9.59 Å². The van der Waals surface area contributed by atoms with E-state index >= 15 is 0 Å². The number of hydrogen-bond donors (Lipinski definition) is 1. The van der Waals surface area contributed by atoms with Gasteiger partial charge in [-0.05, 0) is 31.0 Å². The lowest BCUT2D eigenvalue weighted by Crippen LogP contribution is -2.50. The van der Waals surface area contributed by atoms with Crippen LogP contribution in [0, 0.1) is 5.92 Å². The molecule has 124 valence electrons. The van der Waals surface area contributed by atoms with Crippen molar-refractivity contribution in [3.05, 3.63) is 28.2 Å². The first-order valence-corrected chi connectivity index (χ1v) is 8.54. The molecule has 5 nitrogen and oxygen atoms in total. The monoisotopic (exact) mass is 355 g/mol. The summed E-state index contributed by atoms with van der Waals surface area (Å²) in [4.78, 5) is 28.1. The Morgan fingerprint density at radius 3 is 2.48 bits per heavy atom. The van der Waals surface area contributed by atoms with Crippen LogP contribution in [0.25, 0.3) is 0 Å². The van der Waals surface area contributed by atoms with E-state index in [1.807, 2.05) is 9.80 Å². The standard InChI is InChI=1S/C16H19Cl2N3O2/c17-12-3-4-13(18)14(9-12)19-15(22)10-20-5-7-21(8-6-20)16(23)11-1-2-11/h3-4,9,11H,1-2,5-8,10H2,(H,19,22). The van der Waals surface area contributed by atoms with Crippen LogP contribution in [0.5, 0.6) is 0 Å². The van der Waals surface area contributed by atoms with Gasteiger partial charge in [-0.3, -0.25) is 14.5 Å². The molecule has 3 rings (SSSR count). The SMILES string of the molecule is O=C(CN1CCN(C(=O)C2CC2)CC1)Nc1cc(Cl)ccc1Cl. The number of rotatable bonds is 4. The molecular formula is C16H19Cl2N3O2. The number of benzene rings is 1. The van der Waals surface area contributed by atoms with Crippen molar-refractivity contribution < 1.29 is 9.59 Å². The molecule has 1 aliphatic heterocycles. The third-order valence-electron chi connectivity index (χ3n) is 4.18. The maximum atomic E-state index is 12.1. The van der Waals surface area contributed by atoms with Crippen molar-refractivity contribution in [2.24, 2.45) is 5.92 Å². The van der Waals surface area contributed by atoms with Crippen molar-refractivity contribution in [1.29, 1.82) is 0 Å². The summed E-state index contributed by atoms with van der Waals surface area (Å²) in [6.45, 7) is 3.11. The van der Waals surface area contributed by atoms with Gasteiger partial charge >= 0.3 is 0 Å². The maximum absolute atomic E-state index is 12.1. The van der Waals surface area contributed by atoms with Crippen molar-refractivity contribution in [1.82, 2.24) is 9.80 Å². The number of nitrogens with zero attached hydrogens (tertiary/aromatic N) is 2. The lowest BCUT2D eigenvalue weighted by atomic mass is 10.2. The number of nitrogens with one attached hydrogen (secondary N) is 1. The molecule has 0 unspecified atom stereocenters. The van der Waals surface area contributed by atoms with E-state index in [4.69, 9.17) is 23.2 Å². The van der Waals surface area contributed by atoms with Crippen molar-refractivity contribution in [2.75, 3.05) is 38.0 Å². The summed E-state index contributed by atoms with van der Waals surface area (Å²) >= 11 is 12.0. The minimum absolute atomic E-state index is 0.129. The molecule has 1 heterocycles. The zero-order valence-electron chi connectivity index (χ0n) is 12.7. The predicted octanol–water partition coefficient (Wildman–Crippen LogP) is 2.49. The fourth-order valence-corrected chi connectivity index (χ4v) is 3.04. The van der Waals surface area contributed by atoms with Crippen molar-refractivity contribution in [2.45, 2.75) is 12.8 Å². The first-order chi connectivity index (χ1) is 11.0. The number of anilines is 1. The summed E-state index contributed by atoms with van der Waals surface area (Å²) in [6, 6.07) is 4.96. The van der Waals surface area contributed by atoms with E-state index in [1.165, 1.54) is 0 Å². The average molecular weight is 356 g/mol. The summed E-state index contributed by atoms with van der Waals surface area (Å²) in [5.41, 5.74) is 0.520. The van der Waals surface area contributed by atoms with Gasteiger partial charge in [0.25, 0.3) is 0 Å². The minimum atomic E-state index is -0.129. The van der Waals surface area contributed by atoms with Crippen LogP contribution >= 0.6 is 23.2 Å². The Balaban J connectivity index is 1.47. The molecule has 0 aromatic heterocycles. The van der Waals surface area contributed by atoms with Gasteiger partial charge in [-0.1, -0.05) is 23.2 Å². The maximum Gasteiger partial charge on any atom is 0.238 e. The van der Waals surface area contributed by atoms with Gasteiger partial charge in [0, 0.05) is 37.1 Å². The summed E-state index contributed by atoms with van der Waals surface area (Å²) in [6.07, 6.45) is 2.06. The highest BCUT2D eigenvalue weighted by Gasteiger charge is 2.34. The molecule has 7 heteroatoms. The lowest BCUT2D eigenvalue weighted by Gasteiger charge is -2.34. The molecule has 1 aromatic rings. The Morgan fingerprint density at radius 2 is 1.83 bits per heavy atom. The highest BCUT2D eigenvalue weighted by atomic mass is 35.5. The Hall–Kier alpha value is -1.30. The summed E-state index contributed by atoms with van der Waals surface area (Å²) in [7, 11) is 0. The smallest absolute Gasteiger partial charge is 0.238 e. The quantitative estimate of drug-likeness (QED) is 0.902. The molecular weight excluding hydrogens is 337 g/mol. The molecule has 0 atom stereocenters. The van der Waals surface area contributed by atoms with Gasteiger partial charge in [-0.25, -0.2) is 0 Å². The van der Waals surface area contributed by atoms with Gasteiger partial charge in [-0.15, -0.1) is 0 Å². The molecule has 1 saturated carbocycles. The number of carbonyl (C=O) groups is 2. The van der Waals surface area contributed by atoms with Gasteiger partial charge in [0.1, 0.15) is 0 Å². The van der Waals surface area contributed by atoms with Gasteiger partial charge in [0.05, 0.1) is 17.3 Å². The molecule has 2 fully saturated rings. The van der Waals surface area contributed by atoms with Crippen LogP contribution in [0.15, 0.2) is 18.2 Å². The second-order valence-corrected chi connectivity index (χ2v) is 6.89. The molecule has 23 heavy (non-hydrogen) atoms. The largest absolute Gasteiger partial charge is 0.340 e. The molecule has 0 radical (unpaired) electrons. The molecule has 0 bridgehead atoms. The minimum Gasteiger partial charge on any atom is -0.340 e. The lowest BCUT2D eigenvalue weighted by molar-refractivity contribution is -0.134. The summed E-state index contributed by atoms with van der Waals surface area (Å²) in [5, 5.41) is 3.77. The van der Waals surface area contributed by atoms with Crippen molar-refractivity contribution >= 4 is 40.7 Å². The van der Waals surface area contributed by atoms with Gasteiger partial charge in [0.2, 0.25) is 11.8 Å². The van der Waals surface area contributed by atoms with Crippen LogP contribution in [-0.4, -0.2) is 54.3 Å². The highest BCUT2D eigenvalue weighted by Crippen LogP contribution is 2.31. The number of piperazine rings is 1. The molecule has 1 saturated heterocycles. The van der Waals surface area contributed by atoms with Crippen LogP contribution in [-0.2, 0) is 9.59 Å². The van der Waals surface area contributed by atoms with E-state index in [-0.39, 0.29) is 24.3 Å². The first-order valence-electron chi connectivity index (χ1n) is 7.79. The van der Waals surface area contributed by atoms with E-state index in [1.54, 1.807) is 18.2 Å². The van der Waals surface area contributed by atoms with Crippen molar-refractivity contribution in [3.63, 3.8) is 0 Å². The molecule has 1 aliphatic carbocycles. The van der Waals surface area contributed by atoms with Crippen LogP contribution < -0.4 is 5.32 Å². The molecule has 0 spiro atoms. The fraction of sp³-hybridized carbons (Fsp3) is 0.500. The average Bonchev–Trinajstić information content (AvgIpc) is 3.36. The number of carbonyl (C=O) groups excluding carboxylic acids is 2. The van der Waals surface area contributed by atoms with E-state index in [0.29, 0.717) is 28.8 Å². The van der Waals surface area contributed by atoms with Crippen LogP contribution in [0.2, 0.25) is 10.0 Å². The van der Waals surface area contributed by atoms with Crippen LogP contribution in [0.3, 0.4) is 0 Å². The predicted molar refractivity (Wildman–Crippen MR) is 90.8 cm³/mol. The Kier molecular flexibility index (Phi) is 5.09. The number of halogens is 2. The van der Waals surface area contributed by atoms with Gasteiger partial charge in [0.15, 0.2) is 0 Å². The van der Waals surface area contributed by atoms with Crippen LogP contribution in [0.4, 0.5) is 5.69 Å². The Labute approximate surface area is 145 Å². The molecule has 2 aliphatic rings. The first kappa shape index (κ1) is 16.6. The third-order valence-corrected chi connectivity index (χ3v) is 4.74.